The van der Waals surface area contributed by atoms with Gasteiger partial charge in [-0.15, -0.1) is 0 Å². The van der Waals surface area contributed by atoms with E-state index in [4.69, 9.17) is 39.5 Å². The second-order valence-electron chi connectivity index (χ2n) is 10.4. The number of hydrogen-bond donors (Lipinski definition) is 7. The molecule has 3 aromatic rings. The number of nitrogens with zero attached hydrogens (tertiary/aromatic N) is 5. The molecule has 2 saturated heterocycles. The number of nitrogens with one attached hydrogen (secondary N) is 2. The van der Waals surface area contributed by atoms with Crippen LogP contribution in [0.4, 0.5) is 29.2 Å². The summed E-state index contributed by atoms with van der Waals surface area (Å²) in [5.74, 6) is 0.520. The molecule has 5 rings (SSSR count). The lowest BCUT2D eigenvalue weighted by molar-refractivity contribution is 0.102. The molecule has 3 heterocycles. The van der Waals surface area contributed by atoms with Crippen LogP contribution in [0.15, 0.2) is 42.5 Å². The van der Waals surface area contributed by atoms with Crippen LogP contribution in [0.25, 0.3) is 0 Å². The van der Waals surface area contributed by atoms with Gasteiger partial charge in [0.1, 0.15) is 5.75 Å². The summed E-state index contributed by atoms with van der Waals surface area (Å²) in [5.41, 5.74) is 26.2. The molecule has 1 aromatic heterocycles. The molecule has 2 fully saturated rings. The Bertz CT molecular complexity index is 1310. The molecule has 0 aliphatic carbocycles. The third-order valence-electron chi connectivity index (χ3n) is 6.79. The number of halogens is 1. The van der Waals surface area contributed by atoms with E-state index in [1.54, 1.807) is 18.2 Å². The summed E-state index contributed by atoms with van der Waals surface area (Å²) in [5, 5.41) is 16.4. The maximum Gasteiger partial charge on any atom is 0.259 e. The predicted octanol–water partition coefficient (Wildman–Crippen LogP) is 0.956. The van der Waals surface area contributed by atoms with E-state index in [0.717, 1.165) is 12.8 Å². The standard InChI is InChI=1S/C26H34ClN11O2/c27-14-4-5-21(22(39)6-14)23(40)32-19-2-1-3-20(9-19)33-24-34-25(37-10-15(28)7-16(29)11-37)36-26(35-24)38-12-17(30)8-18(31)13-38/h1-6,9,15-18,39H,7-8,10-13,28-31H2,(H,32,40)(H,33,34,35,36). The Balaban J connectivity index is 1.41. The zero-order valence-corrected chi connectivity index (χ0v) is 22.6. The largest absolute Gasteiger partial charge is 0.507 e. The van der Waals surface area contributed by atoms with E-state index in [0.29, 0.717) is 60.4 Å². The molecule has 1 amide bonds. The molecule has 2 aliphatic heterocycles. The summed E-state index contributed by atoms with van der Waals surface area (Å²) in [4.78, 5) is 30.8. The van der Waals surface area contributed by atoms with Crippen molar-refractivity contribution in [3.8, 4) is 5.75 Å². The fourth-order valence-electron chi connectivity index (χ4n) is 5.08. The Hall–Kier alpha value is -3.75. The zero-order chi connectivity index (χ0) is 28.4. The molecule has 0 saturated carbocycles. The first kappa shape index (κ1) is 27.8. The Morgan fingerprint density at radius 3 is 1.93 bits per heavy atom. The van der Waals surface area contributed by atoms with Crippen LogP contribution in [-0.4, -0.2) is 76.3 Å². The van der Waals surface area contributed by atoms with Crippen molar-refractivity contribution in [1.29, 1.82) is 0 Å². The molecular formula is C26H34ClN11O2. The fraction of sp³-hybridized carbons (Fsp3) is 0.385. The van der Waals surface area contributed by atoms with E-state index in [-0.39, 0.29) is 35.5 Å². The number of benzene rings is 2. The van der Waals surface area contributed by atoms with E-state index < -0.39 is 5.91 Å². The van der Waals surface area contributed by atoms with Gasteiger partial charge in [0, 0.05) is 66.7 Å². The molecule has 4 atom stereocenters. The summed E-state index contributed by atoms with van der Waals surface area (Å²) in [6.45, 7) is 2.26. The summed E-state index contributed by atoms with van der Waals surface area (Å²) in [6, 6.07) is 11.0. The van der Waals surface area contributed by atoms with Crippen molar-refractivity contribution in [3.05, 3.63) is 53.1 Å². The highest BCUT2D eigenvalue weighted by Crippen LogP contribution is 2.26. The second kappa shape index (κ2) is 11.8. The summed E-state index contributed by atoms with van der Waals surface area (Å²) < 4.78 is 0. The van der Waals surface area contributed by atoms with Gasteiger partial charge in [-0.1, -0.05) is 17.7 Å². The Morgan fingerprint density at radius 1 is 0.825 bits per heavy atom. The van der Waals surface area contributed by atoms with Gasteiger partial charge >= 0.3 is 0 Å². The van der Waals surface area contributed by atoms with Gasteiger partial charge in [-0.05, 0) is 49.2 Å². The summed E-state index contributed by atoms with van der Waals surface area (Å²) >= 11 is 5.88. The minimum atomic E-state index is -0.480. The number of phenolic OH excluding ortho intramolecular Hbond substituents is 1. The first-order valence-electron chi connectivity index (χ1n) is 13.1. The Morgan fingerprint density at radius 2 is 1.38 bits per heavy atom. The van der Waals surface area contributed by atoms with E-state index >= 15 is 0 Å². The number of carbonyl (C=O) groups is 1. The van der Waals surface area contributed by atoms with E-state index in [1.165, 1.54) is 18.2 Å². The quantitative estimate of drug-likeness (QED) is 0.222. The molecule has 11 N–H and O–H groups in total. The molecule has 40 heavy (non-hydrogen) atoms. The van der Waals surface area contributed by atoms with E-state index in [2.05, 4.69) is 20.6 Å². The predicted molar refractivity (Wildman–Crippen MR) is 156 cm³/mol. The molecule has 4 unspecified atom stereocenters. The third kappa shape index (κ3) is 6.69. The van der Waals surface area contributed by atoms with Gasteiger partial charge < -0.3 is 48.5 Å². The number of carbonyl (C=O) groups excluding carboxylic acids is 1. The maximum absolute atomic E-state index is 12.7. The minimum absolute atomic E-state index is 0.0995. The van der Waals surface area contributed by atoms with Gasteiger partial charge in [-0.2, -0.15) is 15.0 Å². The van der Waals surface area contributed by atoms with Crippen LogP contribution in [0.2, 0.25) is 5.02 Å². The number of aromatic hydroxyl groups is 1. The number of nitrogens with two attached hydrogens (primary N) is 4. The number of amides is 1. The topological polar surface area (TPSA) is 211 Å². The van der Waals surface area contributed by atoms with Crippen LogP contribution in [0.5, 0.6) is 5.75 Å². The van der Waals surface area contributed by atoms with Crippen molar-refractivity contribution in [1.82, 2.24) is 15.0 Å². The SMILES string of the molecule is NC1CC(N)CN(c2nc(Nc3cccc(NC(=O)c4ccc(Cl)cc4O)c3)nc(N3CC(N)CC(N)C3)n2)C1. The van der Waals surface area contributed by atoms with Crippen molar-refractivity contribution in [3.63, 3.8) is 0 Å². The highest BCUT2D eigenvalue weighted by atomic mass is 35.5. The molecular weight excluding hydrogens is 534 g/mol. The molecule has 212 valence electrons. The maximum atomic E-state index is 12.7. The summed E-state index contributed by atoms with van der Waals surface area (Å²) in [7, 11) is 0. The van der Waals surface area contributed by atoms with Crippen molar-refractivity contribution < 1.29 is 9.90 Å². The first-order valence-corrected chi connectivity index (χ1v) is 13.5. The first-order chi connectivity index (χ1) is 19.1. The number of aromatic nitrogens is 3. The smallest absolute Gasteiger partial charge is 0.259 e. The van der Waals surface area contributed by atoms with Crippen LogP contribution >= 0.6 is 11.6 Å². The number of piperidine rings is 2. The molecule has 0 radical (unpaired) electrons. The molecule has 0 bridgehead atoms. The molecule has 2 aromatic carbocycles. The number of hydrogen-bond acceptors (Lipinski definition) is 12. The van der Waals surface area contributed by atoms with Crippen LogP contribution in [0.3, 0.4) is 0 Å². The highest BCUT2D eigenvalue weighted by Gasteiger charge is 2.28. The normalized spacial score (nSPS) is 23.1. The average molecular weight is 568 g/mol. The second-order valence-corrected chi connectivity index (χ2v) is 10.8. The lowest BCUT2D eigenvalue weighted by Crippen LogP contribution is -2.54. The average Bonchev–Trinajstić information content (AvgIpc) is 2.87. The van der Waals surface area contributed by atoms with Gasteiger partial charge in [0.15, 0.2) is 0 Å². The Labute approximate surface area is 236 Å². The van der Waals surface area contributed by atoms with Crippen LogP contribution in [-0.2, 0) is 0 Å². The summed E-state index contributed by atoms with van der Waals surface area (Å²) in [6.07, 6.45) is 1.45. The molecule has 2 aliphatic rings. The van der Waals surface area contributed by atoms with Gasteiger partial charge in [0.05, 0.1) is 5.56 Å². The number of rotatable bonds is 6. The van der Waals surface area contributed by atoms with Gasteiger partial charge in [0.2, 0.25) is 17.8 Å². The van der Waals surface area contributed by atoms with Crippen LogP contribution < -0.4 is 43.4 Å². The number of anilines is 5. The van der Waals surface area contributed by atoms with E-state index in [1.807, 2.05) is 15.9 Å². The minimum Gasteiger partial charge on any atom is -0.507 e. The van der Waals surface area contributed by atoms with E-state index in [9.17, 15) is 9.90 Å². The van der Waals surface area contributed by atoms with Gasteiger partial charge in [-0.3, -0.25) is 4.79 Å². The molecule has 14 heteroatoms. The Kier molecular flexibility index (Phi) is 8.19. The monoisotopic (exact) mass is 567 g/mol. The van der Waals surface area contributed by atoms with Crippen LogP contribution in [0.1, 0.15) is 23.2 Å². The highest BCUT2D eigenvalue weighted by molar-refractivity contribution is 6.31. The van der Waals surface area contributed by atoms with Gasteiger partial charge in [0.25, 0.3) is 5.91 Å². The lowest BCUT2D eigenvalue weighted by atomic mass is 10.0. The van der Waals surface area contributed by atoms with Crippen molar-refractivity contribution in [2.45, 2.75) is 37.0 Å². The molecule has 0 spiro atoms. The molecule has 13 nitrogen and oxygen atoms in total. The fourth-order valence-corrected chi connectivity index (χ4v) is 5.24. The van der Waals surface area contributed by atoms with Crippen molar-refractivity contribution in [2.24, 2.45) is 22.9 Å². The van der Waals surface area contributed by atoms with Crippen molar-refractivity contribution >= 4 is 46.7 Å². The zero-order valence-electron chi connectivity index (χ0n) is 21.9. The van der Waals surface area contributed by atoms with Gasteiger partial charge in [-0.25, -0.2) is 0 Å². The van der Waals surface area contributed by atoms with Crippen LogP contribution in [0, 0.1) is 0 Å². The third-order valence-corrected chi connectivity index (χ3v) is 7.02. The number of phenols is 1. The van der Waals surface area contributed by atoms with Crippen molar-refractivity contribution in [2.75, 3.05) is 46.6 Å². The lowest BCUT2D eigenvalue weighted by Gasteiger charge is -2.37.